The Morgan fingerprint density at radius 3 is 2.84 bits per heavy atom. The van der Waals surface area contributed by atoms with Crippen LogP contribution in [-0.2, 0) is 6.42 Å². The second-order valence-electron chi connectivity index (χ2n) is 5.66. The largest absolute Gasteiger partial charge is 0.309 e. The Labute approximate surface area is 122 Å². The zero-order valence-electron chi connectivity index (χ0n) is 12.5. The van der Waals surface area contributed by atoms with Crippen LogP contribution < -0.4 is 5.32 Å². The smallest absolute Gasteiger partial charge is 0.0443 e. The fourth-order valence-electron chi connectivity index (χ4n) is 2.78. The highest BCUT2D eigenvalue weighted by Gasteiger charge is 2.29. The molecule has 1 aliphatic carbocycles. The molecule has 0 radical (unpaired) electrons. The minimum atomic E-state index is 0.545. The molecule has 0 saturated heterocycles. The van der Waals surface area contributed by atoms with E-state index in [2.05, 4.69) is 62.1 Å². The summed E-state index contributed by atoms with van der Waals surface area (Å²) in [7, 11) is 0. The van der Waals surface area contributed by atoms with Crippen LogP contribution in [0.1, 0.15) is 50.8 Å². The lowest BCUT2D eigenvalue weighted by atomic mass is 9.87. The third-order valence-corrected chi connectivity index (χ3v) is 5.87. The standard InChI is InChI=1S/C17H27NS/c1-4-13(3)12-19-16-11-10-14-8-6-7-9-15(14)17(16)18-5-2/h6-9,13,16-18H,4-5,10-12H2,1-3H3. The van der Waals surface area contributed by atoms with Gasteiger partial charge in [0.15, 0.2) is 0 Å². The Kier molecular flexibility index (Phi) is 5.77. The number of rotatable bonds is 6. The summed E-state index contributed by atoms with van der Waals surface area (Å²) in [6, 6.07) is 9.52. The topological polar surface area (TPSA) is 12.0 Å². The fourth-order valence-corrected chi connectivity index (χ4v) is 4.31. The van der Waals surface area contributed by atoms with Gasteiger partial charge in [0.1, 0.15) is 0 Å². The summed E-state index contributed by atoms with van der Waals surface area (Å²) in [5.74, 6) is 2.13. The van der Waals surface area contributed by atoms with Crippen molar-refractivity contribution in [1.82, 2.24) is 5.32 Å². The van der Waals surface area contributed by atoms with Gasteiger partial charge in [0.25, 0.3) is 0 Å². The first-order chi connectivity index (χ1) is 9.26. The summed E-state index contributed by atoms with van der Waals surface area (Å²) in [6.45, 7) is 7.93. The van der Waals surface area contributed by atoms with Gasteiger partial charge in [0.2, 0.25) is 0 Å². The highest BCUT2D eigenvalue weighted by atomic mass is 32.2. The number of thioether (sulfide) groups is 1. The first-order valence-electron chi connectivity index (χ1n) is 7.69. The van der Waals surface area contributed by atoms with E-state index in [9.17, 15) is 0 Å². The van der Waals surface area contributed by atoms with Gasteiger partial charge in [-0.05, 0) is 42.2 Å². The molecule has 0 bridgehead atoms. The summed E-state index contributed by atoms with van der Waals surface area (Å²) in [4.78, 5) is 0. The van der Waals surface area contributed by atoms with Crippen molar-refractivity contribution in [2.45, 2.75) is 51.3 Å². The minimum absolute atomic E-state index is 0.545. The Morgan fingerprint density at radius 2 is 2.11 bits per heavy atom. The molecule has 1 nitrogen and oxygen atoms in total. The molecule has 1 aromatic carbocycles. The predicted molar refractivity (Wildman–Crippen MR) is 86.9 cm³/mol. The molecule has 0 spiro atoms. The van der Waals surface area contributed by atoms with Crippen LogP contribution in [0.4, 0.5) is 0 Å². The molecule has 1 N–H and O–H groups in total. The summed E-state index contributed by atoms with van der Waals surface area (Å²) in [5, 5.41) is 4.45. The van der Waals surface area contributed by atoms with Crippen molar-refractivity contribution in [1.29, 1.82) is 0 Å². The Bertz CT molecular complexity index is 391. The average Bonchev–Trinajstić information content (AvgIpc) is 2.46. The number of aryl methyl sites for hydroxylation is 1. The molecule has 19 heavy (non-hydrogen) atoms. The Balaban J connectivity index is 2.08. The molecule has 0 aromatic heterocycles. The molecule has 3 unspecified atom stereocenters. The second kappa shape index (κ2) is 7.35. The summed E-state index contributed by atoms with van der Waals surface area (Å²) >= 11 is 2.18. The first-order valence-corrected chi connectivity index (χ1v) is 8.73. The molecule has 1 aromatic rings. The van der Waals surface area contributed by atoms with Crippen molar-refractivity contribution in [2.24, 2.45) is 5.92 Å². The number of benzene rings is 1. The van der Waals surface area contributed by atoms with E-state index < -0.39 is 0 Å². The molecular weight excluding hydrogens is 250 g/mol. The zero-order valence-corrected chi connectivity index (χ0v) is 13.3. The van der Waals surface area contributed by atoms with Crippen molar-refractivity contribution in [3.8, 4) is 0 Å². The molecule has 1 aliphatic rings. The number of hydrogen-bond donors (Lipinski definition) is 1. The lowest BCUT2D eigenvalue weighted by Gasteiger charge is -2.34. The minimum Gasteiger partial charge on any atom is -0.309 e. The van der Waals surface area contributed by atoms with Gasteiger partial charge in [-0.25, -0.2) is 0 Å². The van der Waals surface area contributed by atoms with E-state index >= 15 is 0 Å². The third-order valence-electron chi connectivity index (χ3n) is 4.18. The van der Waals surface area contributed by atoms with Crippen LogP contribution in [-0.4, -0.2) is 17.5 Å². The molecule has 0 saturated carbocycles. The lowest BCUT2D eigenvalue weighted by molar-refractivity contribution is 0.483. The SMILES string of the molecule is CCNC1c2ccccc2CCC1SCC(C)CC. The second-order valence-corrected chi connectivity index (χ2v) is 6.93. The Hall–Kier alpha value is -0.470. The summed E-state index contributed by atoms with van der Waals surface area (Å²) in [6.07, 6.45) is 3.86. The molecule has 0 aliphatic heterocycles. The van der Waals surface area contributed by atoms with Crippen molar-refractivity contribution in [2.75, 3.05) is 12.3 Å². The normalized spacial score (nSPS) is 23.9. The van der Waals surface area contributed by atoms with Crippen molar-refractivity contribution in [3.05, 3.63) is 35.4 Å². The first kappa shape index (κ1) is 14.9. The van der Waals surface area contributed by atoms with Crippen LogP contribution in [0.5, 0.6) is 0 Å². The van der Waals surface area contributed by atoms with E-state index in [-0.39, 0.29) is 0 Å². The van der Waals surface area contributed by atoms with Crippen LogP contribution in [0.2, 0.25) is 0 Å². The molecule has 0 fully saturated rings. The molecule has 2 heteroatoms. The van der Waals surface area contributed by atoms with E-state index in [1.165, 1.54) is 30.6 Å². The summed E-state index contributed by atoms with van der Waals surface area (Å²) in [5.41, 5.74) is 3.09. The van der Waals surface area contributed by atoms with E-state index in [1.54, 1.807) is 5.56 Å². The van der Waals surface area contributed by atoms with Crippen molar-refractivity contribution < 1.29 is 0 Å². The zero-order chi connectivity index (χ0) is 13.7. The van der Waals surface area contributed by atoms with Crippen LogP contribution in [0, 0.1) is 5.92 Å². The maximum Gasteiger partial charge on any atom is 0.0443 e. The van der Waals surface area contributed by atoms with Crippen molar-refractivity contribution in [3.63, 3.8) is 0 Å². The predicted octanol–water partition coefficient (Wildman–Crippen LogP) is 4.43. The van der Waals surface area contributed by atoms with Crippen LogP contribution in [0.25, 0.3) is 0 Å². The number of hydrogen-bond acceptors (Lipinski definition) is 2. The van der Waals surface area contributed by atoms with Crippen molar-refractivity contribution >= 4 is 11.8 Å². The molecule has 0 heterocycles. The average molecular weight is 277 g/mol. The van der Waals surface area contributed by atoms with Gasteiger partial charge in [-0.1, -0.05) is 51.5 Å². The highest BCUT2D eigenvalue weighted by molar-refractivity contribution is 7.99. The van der Waals surface area contributed by atoms with Crippen LogP contribution >= 0.6 is 11.8 Å². The van der Waals surface area contributed by atoms with Gasteiger partial charge in [0.05, 0.1) is 0 Å². The Morgan fingerprint density at radius 1 is 1.32 bits per heavy atom. The summed E-state index contributed by atoms with van der Waals surface area (Å²) < 4.78 is 0. The maximum atomic E-state index is 3.71. The van der Waals surface area contributed by atoms with Gasteiger partial charge in [-0.3, -0.25) is 0 Å². The molecule has 3 atom stereocenters. The third kappa shape index (κ3) is 3.76. The highest BCUT2D eigenvalue weighted by Crippen LogP contribution is 2.37. The molecule has 2 rings (SSSR count). The van der Waals surface area contributed by atoms with Gasteiger partial charge in [-0.15, -0.1) is 0 Å². The molecular formula is C17H27NS. The molecule has 106 valence electrons. The van der Waals surface area contributed by atoms with E-state index in [0.717, 1.165) is 17.7 Å². The number of fused-ring (bicyclic) bond motifs is 1. The van der Waals surface area contributed by atoms with Gasteiger partial charge in [-0.2, -0.15) is 11.8 Å². The quantitative estimate of drug-likeness (QED) is 0.825. The van der Waals surface area contributed by atoms with E-state index in [1.807, 2.05) is 0 Å². The number of nitrogens with one attached hydrogen (secondary N) is 1. The lowest BCUT2D eigenvalue weighted by Crippen LogP contribution is -2.34. The van der Waals surface area contributed by atoms with Gasteiger partial charge in [0, 0.05) is 11.3 Å². The van der Waals surface area contributed by atoms with Gasteiger partial charge >= 0.3 is 0 Å². The van der Waals surface area contributed by atoms with Crippen LogP contribution in [0.3, 0.4) is 0 Å². The monoisotopic (exact) mass is 277 g/mol. The van der Waals surface area contributed by atoms with Gasteiger partial charge < -0.3 is 5.32 Å². The molecule has 0 amide bonds. The fraction of sp³-hybridized carbons (Fsp3) is 0.647. The van der Waals surface area contributed by atoms with E-state index in [4.69, 9.17) is 0 Å². The van der Waals surface area contributed by atoms with Crippen LogP contribution in [0.15, 0.2) is 24.3 Å². The van der Waals surface area contributed by atoms with E-state index in [0.29, 0.717) is 6.04 Å². The maximum absolute atomic E-state index is 3.71.